The molecule has 2 heterocycles. The molecule has 0 aliphatic heterocycles. The average Bonchev–Trinajstić information content (AvgIpc) is 2.76. The van der Waals surface area contributed by atoms with E-state index in [0.717, 1.165) is 0 Å². The number of imidazole rings is 1. The third-order valence-electron chi connectivity index (χ3n) is 3.31. The second kappa shape index (κ2) is 5.51. The van der Waals surface area contributed by atoms with E-state index in [1.807, 2.05) is 0 Å². The number of halogens is 2. The van der Waals surface area contributed by atoms with Crippen LogP contribution in [0.1, 0.15) is 16.1 Å². The Hall–Kier alpha value is -2.24. The van der Waals surface area contributed by atoms with Crippen LogP contribution in [0.2, 0.25) is 10.0 Å². The molecule has 7 heteroatoms. The van der Waals surface area contributed by atoms with Gasteiger partial charge in [-0.3, -0.25) is 9.20 Å². The van der Waals surface area contributed by atoms with Crippen LogP contribution in [0.4, 0.5) is 11.5 Å². The van der Waals surface area contributed by atoms with Gasteiger partial charge in [0.2, 0.25) is 0 Å². The molecule has 112 valence electrons. The zero-order valence-electron chi connectivity index (χ0n) is 11.6. The summed E-state index contributed by atoms with van der Waals surface area (Å²) in [5.41, 5.74) is 7.96. The summed E-state index contributed by atoms with van der Waals surface area (Å²) in [5.74, 6) is 0.129. The maximum absolute atomic E-state index is 12.4. The first kappa shape index (κ1) is 14.7. The van der Waals surface area contributed by atoms with Crippen molar-refractivity contribution in [1.29, 1.82) is 0 Å². The summed E-state index contributed by atoms with van der Waals surface area (Å²) >= 11 is 12.1. The van der Waals surface area contributed by atoms with Gasteiger partial charge in [0, 0.05) is 6.20 Å². The molecular formula is C15H12Cl2N4O. The first-order valence-electron chi connectivity index (χ1n) is 6.47. The zero-order valence-corrected chi connectivity index (χ0v) is 13.1. The number of amides is 1. The Balaban J connectivity index is 2.04. The zero-order chi connectivity index (χ0) is 15.9. The molecule has 3 rings (SSSR count). The van der Waals surface area contributed by atoms with Gasteiger partial charge < -0.3 is 11.1 Å². The molecule has 0 atom stereocenters. The number of aromatic nitrogens is 2. The number of hydrogen-bond acceptors (Lipinski definition) is 3. The van der Waals surface area contributed by atoms with Crippen LogP contribution >= 0.6 is 23.2 Å². The first-order valence-corrected chi connectivity index (χ1v) is 7.23. The lowest BCUT2D eigenvalue weighted by Gasteiger charge is -2.09. The average molecular weight is 335 g/mol. The van der Waals surface area contributed by atoms with E-state index in [4.69, 9.17) is 28.9 Å². The predicted octanol–water partition coefficient (Wildman–Crippen LogP) is 3.78. The highest BCUT2D eigenvalue weighted by atomic mass is 35.5. The highest BCUT2D eigenvalue weighted by Gasteiger charge is 2.17. The van der Waals surface area contributed by atoms with Gasteiger partial charge in [-0.05, 0) is 31.2 Å². The van der Waals surface area contributed by atoms with E-state index in [1.165, 1.54) is 0 Å². The largest absolute Gasteiger partial charge is 0.383 e. The number of nitrogens with zero attached hydrogens (tertiary/aromatic N) is 2. The normalized spacial score (nSPS) is 10.9. The number of nitrogens with two attached hydrogens (primary N) is 1. The molecule has 1 amide bonds. The van der Waals surface area contributed by atoms with Crippen LogP contribution in [-0.4, -0.2) is 15.3 Å². The van der Waals surface area contributed by atoms with Gasteiger partial charge in [0.25, 0.3) is 5.91 Å². The van der Waals surface area contributed by atoms with E-state index in [2.05, 4.69) is 10.3 Å². The van der Waals surface area contributed by atoms with Gasteiger partial charge in [-0.2, -0.15) is 0 Å². The van der Waals surface area contributed by atoms with E-state index in [9.17, 15) is 4.79 Å². The van der Waals surface area contributed by atoms with Crippen LogP contribution < -0.4 is 11.1 Å². The summed E-state index contributed by atoms with van der Waals surface area (Å²) in [6.45, 7) is 1.80. The second-order valence-corrected chi connectivity index (χ2v) is 5.56. The molecule has 0 bridgehead atoms. The minimum Gasteiger partial charge on any atom is -0.383 e. The van der Waals surface area contributed by atoms with Crippen LogP contribution in [-0.2, 0) is 0 Å². The Labute approximate surface area is 136 Å². The maximum Gasteiger partial charge on any atom is 0.258 e. The lowest BCUT2D eigenvalue weighted by atomic mass is 10.2. The Kier molecular flexibility index (Phi) is 3.68. The minimum absolute atomic E-state index is 0.226. The minimum atomic E-state index is -0.400. The summed E-state index contributed by atoms with van der Waals surface area (Å²) in [4.78, 5) is 16.8. The van der Waals surface area contributed by atoms with Gasteiger partial charge in [0.05, 0.1) is 27.0 Å². The van der Waals surface area contributed by atoms with Crippen molar-refractivity contribution in [3.05, 3.63) is 57.8 Å². The standard InChI is InChI=1S/C15H12Cl2N4O/c1-8-13(18)21-7-3-6-11(14(21)19-8)20-15(22)12-9(16)4-2-5-10(12)17/h2-7H,18H2,1H3,(H,20,22). The molecule has 0 fully saturated rings. The molecule has 0 aliphatic carbocycles. The number of anilines is 2. The van der Waals surface area contributed by atoms with Crippen LogP contribution in [0.25, 0.3) is 5.65 Å². The van der Waals surface area contributed by atoms with E-state index < -0.39 is 5.91 Å². The van der Waals surface area contributed by atoms with Gasteiger partial charge in [0.1, 0.15) is 5.82 Å². The molecule has 2 aromatic heterocycles. The molecular weight excluding hydrogens is 323 g/mol. The number of benzene rings is 1. The van der Waals surface area contributed by atoms with E-state index in [-0.39, 0.29) is 15.6 Å². The molecule has 5 nitrogen and oxygen atoms in total. The number of aryl methyl sites for hydroxylation is 1. The number of hydrogen-bond donors (Lipinski definition) is 2. The number of carbonyl (C=O) groups is 1. The molecule has 3 N–H and O–H groups in total. The van der Waals surface area contributed by atoms with Gasteiger partial charge in [0.15, 0.2) is 5.65 Å². The van der Waals surface area contributed by atoms with Crippen LogP contribution in [0, 0.1) is 6.92 Å². The van der Waals surface area contributed by atoms with E-state index >= 15 is 0 Å². The SMILES string of the molecule is Cc1nc2c(NC(=O)c3c(Cl)cccc3Cl)cccn2c1N. The fourth-order valence-corrected chi connectivity index (χ4v) is 2.77. The third-order valence-corrected chi connectivity index (χ3v) is 3.94. The molecule has 1 aromatic carbocycles. The lowest BCUT2D eigenvalue weighted by molar-refractivity contribution is 0.102. The van der Waals surface area contributed by atoms with Crippen LogP contribution in [0.15, 0.2) is 36.5 Å². The number of nitrogen functional groups attached to an aromatic ring is 1. The predicted molar refractivity (Wildman–Crippen MR) is 88.8 cm³/mol. The van der Waals surface area contributed by atoms with Gasteiger partial charge in [-0.1, -0.05) is 29.3 Å². The van der Waals surface area contributed by atoms with Gasteiger partial charge in [-0.15, -0.1) is 0 Å². The summed E-state index contributed by atoms with van der Waals surface area (Å²) in [5, 5.41) is 3.35. The van der Waals surface area contributed by atoms with Crippen molar-refractivity contribution in [2.24, 2.45) is 0 Å². The number of fused-ring (bicyclic) bond motifs is 1. The fourth-order valence-electron chi connectivity index (χ4n) is 2.20. The molecule has 0 radical (unpaired) electrons. The summed E-state index contributed by atoms with van der Waals surface area (Å²) < 4.78 is 1.71. The van der Waals surface area contributed by atoms with Crippen LogP contribution in [0.5, 0.6) is 0 Å². The van der Waals surface area contributed by atoms with Crippen molar-refractivity contribution in [3.8, 4) is 0 Å². The van der Waals surface area contributed by atoms with Gasteiger partial charge >= 0.3 is 0 Å². The molecule has 0 aliphatic rings. The Morgan fingerprint density at radius 2 is 1.91 bits per heavy atom. The Morgan fingerprint density at radius 3 is 2.59 bits per heavy atom. The van der Waals surface area contributed by atoms with Crippen molar-refractivity contribution in [2.75, 3.05) is 11.1 Å². The topological polar surface area (TPSA) is 72.4 Å². The highest BCUT2D eigenvalue weighted by molar-refractivity contribution is 6.40. The molecule has 0 unspecified atom stereocenters. The van der Waals surface area contributed by atoms with Crippen molar-refractivity contribution in [2.45, 2.75) is 6.92 Å². The second-order valence-electron chi connectivity index (χ2n) is 4.75. The van der Waals surface area contributed by atoms with Crippen molar-refractivity contribution < 1.29 is 4.79 Å². The van der Waals surface area contributed by atoms with Crippen LogP contribution in [0.3, 0.4) is 0 Å². The van der Waals surface area contributed by atoms with E-state index in [1.54, 1.807) is 47.9 Å². The quantitative estimate of drug-likeness (QED) is 0.748. The lowest BCUT2D eigenvalue weighted by Crippen LogP contribution is -2.14. The third kappa shape index (κ3) is 2.38. The van der Waals surface area contributed by atoms with Crippen molar-refractivity contribution in [3.63, 3.8) is 0 Å². The van der Waals surface area contributed by atoms with Crippen molar-refractivity contribution in [1.82, 2.24) is 9.38 Å². The van der Waals surface area contributed by atoms with Gasteiger partial charge in [-0.25, -0.2) is 4.98 Å². The summed E-state index contributed by atoms with van der Waals surface area (Å²) in [6, 6.07) is 8.42. The molecule has 0 saturated heterocycles. The maximum atomic E-state index is 12.4. The number of rotatable bonds is 2. The highest BCUT2D eigenvalue weighted by Crippen LogP contribution is 2.27. The molecule has 0 saturated carbocycles. The number of nitrogens with one attached hydrogen (secondary N) is 1. The smallest absolute Gasteiger partial charge is 0.258 e. The fraction of sp³-hybridized carbons (Fsp3) is 0.0667. The summed E-state index contributed by atoms with van der Waals surface area (Å²) in [7, 11) is 0. The first-order chi connectivity index (χ1) is 10.5. The molecule has 3 aromatic rings. The monoisotopic (exact) mass is 334 g/mol. The Bertz CT molecular complexity index is 868. The molecule has 0 spiro atoms. The van der Waals surface area contributed by atoms with Crippen molar-refractivity contribution >= 4 is 46.3 Å². The summed E-state index contributed by atoms with van der Waals surface area (Å²) in [6.07, 6.45) is 1.78. The Morgan fingerprint density at radius 1 is 1.23 bits per heavy atom. The number of pyridine rings is 1. The number of carbonyl (C=O) groups excluding carboxylic acids is 1. The molecule has 22 heavy (non-hydrogen) atoms. The van der Waals surface area contributed by atoms with E-state index in [0.29, 0.717) is 22.8 Å².